The van der Waals surface area contributed by atoms with Gasteiger partial charge in [0.05, 0.1) is 11.3 Å². The van der Waals surface area contributed by atoms with Gasteiger partial charge in [0.15, 0.2) is 0 Å². The van der Waals surface area contributed by atoms with E-state index in [2.05, 4.69) is 9.97 Å². The van der Waals surface area contributed by atoms with E-state index >= 15 is 0 Å². The van der Waals surface area contributed by atoms with Gasteiger partial charge in [-0.05, 0) is 26.2 Å². The van der Waals surface area contributed by atoms with E-state index in [1.807, 2.05) is 14.1 Å². The topological polar surface area (TPSA) is 86.6 Å². The average Bonchev–Trinajstić information content (AvgIpc) is 2.46. The summed E-state index contributed by atoms with van der Waals surface area (Å²) in [4.78, 5) is 35.5. The van der Waals surface area contributed by atoms with E-state index in [-0.39, 0.29) is 5.91 Å². The molecule has 0 spiro atoms. The molecule has 0 aromatic carbocycles. The second kappa shape index (κ2) is 6.07. The lowest BCUT2D eigenvalue weighted by Gasteiger charge is -2.33. The summed E-state index contributed by atoms with van der Waals surface area (Å²) in [6.45, 7) is 2.20. The first-order chi connectivity index (χ1) is 9.91. The summed E-state index contributed by atoms with van der Waals surface area (Å²) in [5.41, 5.74) is 0.933. The molecule has 0 bridgehead atoms. The van der Waals surface area contributed by atoms with Crippen molar-refractivity contribution in [1.29, 1.82) is 0 Å². The van der Waals surface area contributed by atoms with Crippen LogP contribution in [0.3, 0.4) is 0 Å². The molecule has 1 N–H and O–H groups in total. The highest BCUT2D eigenvalue weighted by atomic mass is 16.4. The van der Waals surface area contributed by atoms with E-state index < -0.39 is 12.0 Å². The van der Waals surface area contributed by atoms with E-state index in [9.17, 15) is 14.7 Å². The number of carbonyl (C=O) groups is 2. The smallest absolute Gasteiger partial charge is 0.326 e. The van der Waals surface area contributed by atoms with Crippen LogP contribution in [0.2, 0.25) is 0 Å². The van der Waals surface area contributed by atoms with Gasteiger partial charge in [0.25, 0.3) is 5.91 Å². The number of rotatable bonds is 3. The Morgan fingerprint density at radius 2 is 2.10 bits per heavy atom. The number of nitrogens with zero attached hydrogens (tertiary/aromatic N) is 4. The Morgan fingerprint density at radius 3 is 2.67 bits per heavy atom. The third kappa shape index (κ3) is 3.12. The molecule has 1 fully saturated rings. The SMILES string of the molecule is Cc1nc(N(C)C)ncc1C(=O)N1CCCC[C@@H]1C(=O)O. The molecule has 21 heavy (non-hydrogen) atoms. The molecule has 114 valence electrons. The van der Waals surface area contributed by atoms with Gasteiger partial charge >= 0.3 is 5.97 Å². The van der Waals surface area contributed by atoms with Crippen molar-refractivity contribution >= 4 is 17.8 Å². The van der Waals surface area contributed by atoms with Crippen molar-refractivity contribution in [2.45, 2.75) is 32.2 Å². The highest BCUT2D eigenvalue weighted by Crippen LogP contribution is 2.21. The van der Waals surface area contributed by atoms with Crippen LogP contribution in [0, 0.1) is 6.92 Å². The van der Waals surface area contributed by atoms with Crippen LogP contribution < -0.4 is 4.90 Å². The van der Waals surface area contributed by atoms with Crippen LogP contribution in [0.5, 0.6) is 0 Å². The van der Waals surface area contributed by atoms with Crippen LogP contribution in [0.25, 0.3) is 0 Å². The number of aliphatic carboxylic acids is 1. The first-order valence-electron chi connectivity index (χ1n) is 6.96. The number of piperidine rings is 1. The quantitative estimate of drug-likeness (QED) is 0.892. The van der Waals surface area contributed by atoms with Crippen molar-refractivity contribution in [1.82, 2.24) is 14.9 Å². The fourth-order valence-electron chi connectivity index (χ4n) is 2.47. The van der Waals surface area contributed by atoms with Crippen LogP contribution in [-0.2, 0) is 4.79 Å². The van der Waals surface area contributed by atoms with Crippen molar-refractivity contribution in [2.24, 2.45) is 0 Å². The fourth-order valence-corrected chi connectivity index (χ4v) is 2.47. The number of hydrogen-bond acceptors (Lipinski definition) is 5. The molecule has 0 aliphatic carbocycles. The molecule has 1 saturated heterocycles. The molecule has 1 amide bonds. The average molecular weight is 292 g/mol. The Balaban J connectivity index is 2.28. The van der Waals surface area contributed by atoms with E-state index in [4.69, 9.17) is 0 Å². The number of carbonyl (C=O) groups excluding carboxylic acids is 1. The first kappa shape index (κ1) is 15.2. The molecule has 2 rings (SSSR count). The highest BCUT2D eigenvalue weighted by molar-refractivity contribution is 5.97. The maximum Gasteiger partial charge on any atom is 0.326 e. The van der Waals surface area contributed by atoms with Crippen LogP contribution in [0.15, 0.2) is 6.20 Å². The van der Waals surface area contributed by atoms with E-state index in [0.29, 0.717) is 30.2 Å². The molecule has 1 atom stereocenters. The van der Waals surface area contributed by atoms with Crippen molar-refractivity contribution in [2.75, 3.05) is 25.5 Å². The Morgan fingerprint density at radius 1 is 1.38 bits per heavy atom. The summed E-state index contributed by atoms with van der Waals surface area (Å²) in [6, 6.07) is -0.751. The minimum Gasteiger partial charge on any atom is -0.480 e. The lowest BCUT2D eigenvalue weighted by Crippen LogP contribution is -2.48. The predicted octanol–water partition coefficient (Wildman–Crippen LogP) is 0.930. The molecule has 1 aliphatic heterocycles. The zero-order valence-corrected chi connectivity index (χ0v) is 12.5. The lowest BCUT2D eigenvalue weighted by molar-refractivity contribution is -0.143. The summed E-state index contributed by atoms with van der Waals surface area (Å²) in [7, 11) is 3.64. The minimum atomic E-state index is -0.952. The normalized spacial score (nSPS) is 18.4. The van der Waals surface area contributed by atoms with Crippen molar-refractivity contribution in [3.8, 4) is 0 Å². The molecule has 1 aromatic rings. The number of carboxylic acids is 1. The highest BCUT2D eigenvalue weighted by Gasteiger charge is 2.33. The zero-order valence-electron chi connectivity index (χ0n) is 12.5. The Bertz CT molecular complexity index is 559. The van der Waals surface area contributed by atoms with E-state index in [1.54, 1.807) is 11.8 Å². The van der Waals surface area contributed by atoms with Gasteiger partial charge in [-0.15, -0.1) is 0 Å². The van der Waals surface area contributed by atoms with Gasteiger partial charge in [-0.2, -0.15) is 0 Å². The molecule has 1 aromatic heterocycles. The lowest BCUT2D eigenvalue weighted by atomic mass is 10.0. The van der Waals surface area contributed by atoms with Crippen LogP contribution >= 0.6 is 0 Å². The molecular formula is C14H20N4O3. The number of anilines is 1. The van der Waals surface area contributed by atoms with Crippen LogP contribution in [-0.4, -0.2) is 58.5 Å². The van der Waals surface area contributed by atoms with Gasteiger partial charge in [0.1, 0.15) is 6.04 Å². The Labute approximate surface area is 123 Å². The summed E-state index contributed by atoms with van der Waals surface area (Å²) >= 11 is 0. The van der Waals surface area contributed by atoms with Gasteiger partial charge in [0.2, 0.25) is 5.95 Å². The molecule has 0 saturated carbocycles. The number of aromatic nitrogens is 2. The standard InChI is InChI=1S/C14H20N4O3/c1-9-10(8-15-14(16-9)17(2)3)12(19)18-7-5-4-6-11(18)13(20)21/h8,11H,4-7H2,1-3H3,(H,20,21)/t11-/m1/s1. The third-order valence-corrected chi connectivity index (χ3v) is 3.65. The number of likely N-dealkylation sites (tertiary alicyclic amines) is 1. The molecule has 1 aliphatic rings. The molecular weight excluding hydrogens is 272 g/mol. The largest absolute Gasteiger partial charge is 0.480 e. The van der Waals surface area contributed by atoms with Crippen molar-refractivity contribution in [3.05, 3.63) is 17.5 Å². The van der Waals surface area contributed by atoms with E-state index in [1.165, 1.54) is 11.1 Å². The number of amides is 1. The number of hydrogen-bond donors (Lipinski definition) is 1. The van der Waals surface area contributed by atoms with Crippen molar-refractivity contribution in [3.63, 3.8) is 0 Å². The zero-order chi connectivity index (χ0) is 15.6. The Hall–Kier alpha value is -2.18. The second-order valence-electron chi connectivity index (χ2n) is 5.41. The molecule has 0 unspecified atom stereocenters. The van der Waals surface area contributed by atoms with E-state index in [0.717, 1.165) is 12.8 Å². The van der Waals surface area contributed by atoms with Gasteiger partial charge < -0.3 is 14.9 Å². The second-order valence-corrected chi connectivity index (χ2v) is 5.41. The van der Waals surface area contributed by atoms with Crippen molar-refractivity contribution < 1.29 is 14.7 Å². The van der Waals surface area contributed by atoms with Crippen LogP contribution in [0.1, 0.15) is 35.3 Å². The summed E-state index contributed by atoms with van der Waals surface area (Å²) < 4.78 is 0. The van der Waals surface area contributed by atoms with Crippen LogP contribution in [0.4, 0.5) is 5.95 Å². The summed E-state index contributed by atoms with van der Waals surface area (Å²) in [6.07, 6.45) is 3.63. The summed E-state index contributed by atoms with van der Waals surface area (Å²) in [5.74, 6) is -0.728. The minimum absolute atomic E-state index is 0.301. The van der Waals surface area contributed by atoms with Gasteiger partial charge in [0, 0.05) is 26.8 Å². The van der Waals surface area contributed by atoms with Gasteiger partial charge in [-0.25, -0.2) is 14.8 Å². The number of aryl methyl sites for hydroxylation is 1. The maximum atomic E-state index is 12.6. The monoisotopic (exact) mass is 292 g/mol. The van der Waals surface area contributed by atoms with Gasteiger partial charge in [-0.3, -0.25) is 4.79 Å². The first-order valence-corrected chi connectivity index (χ1v) is 6.96. The predicted molar refractivity (Wildman–Crippen MR) is 77.4 cm³/mol. The molecule has 7 heteroatoms. The summed E-state index contributed by atoms with van der Waals surface area (Å²) in [5, 5.41) is 9.26. The fraction of sp³-hybridized carbons (Fsp3) is 0.571. The molecule has 7 nitrogen and oxygen atoms in total. The maximum absolute atomic E-state index is 12.6. The number of carboxylic acid groups (broad SMARTS) is 1. The van der Waals surface area contributed by atoms with Gasteiger partial charge in [-0.1, -0.05) is 0 Å². The molecule has 0 radical (unpaired) electrons. The third-order valence-electron chi connectivity index (χ3n) is 3.65. The Kier molecular flexibility index (Phi) is 4.40. The molecule has 2 heterocycles.